The van der Waals surface area contributed by atoms with Gasteiger partial charge in [0, 0.05) is 25.8 Å². The molecule has 1 aromatic carbocycles. The number of nitrogens with zero attached hydrogens (tertiary/aromatic N) is 3. The third kappa shape index (κ3) is 4.21. The fourth-order valence-corrected chi connectivity index (χ4v) is 3.41. The molecule has 1 fully saturated rings. The number of hydrogen-bond acceptors (Lipinski definition) is 3. The number of aromatic nitrogens is 2. The molecular formula is C20H27N3O2. The lowest BCUT2D eigenvalue weighted by atomic mass is 9.90. The lowest BCUT2D eigenvalue weighted by molar-refractivity contribution is 0.0686. The first kappa shape index (κ1) is 17.5. The molecule has 134 valence electrons. The van der Waals surface area contributed by atoms with Gasteiger partial charge in [-0.2, -0.15) is 0 Å². The Morgan fingerprint density at radius 3 is 2.56 bits per heavy atom. The number of carbonyl (C=O) groups is 1. The summed E-state index contributed by atoms with van der Waals surface area (Å²) < 4.78 is 7.32. The summed E-state index contributed by atoms with van der Waals surface area (Å²) in [6.45, 7) is 6.77. The van der Waals surface area contributed by atoms with Crippen molar-refractivity contribution >= 4 is 5.91 Å². The molecule has 2 heterocycles. The summed E-state index contributed by atoms with van der Waals surface area (Å²) in [5.41, 5.74) is 1.97. The van der Waals surface area contributed by atoms with Crippen LogP contribution >= 0.6 is 0 Å². The molecule has 0 bridgehead atoms. The van der Waals surface area contributed by atoms with E-state index in [1.807, 2.05) is 24.9 Å². The highest BCUT2D eigenvalue weighted by molar-refractivity contribution is 5.96. The number of rotatable bonds is 6. The second-order valence-corrected chi connectivity index (χ2v) is 6.56. The number of amides is 1. The van der Waals surface area contributed by atoms with E-state index >= 15 is 0 Å². The average Bonchev–Trinajstić information content (AvgIpc) is 3.06. The zero-order valence-corrected chi connectivity index (χ0v) is 15.1. The van der Waals surface area contributed by atoms with Gasteiger partial charge in [-0.1, -0.05) is 30.3 Å². The van der Waals surface area contributed by atoms with Gasteiger partial charge in [-0.3, -0.25) is 9.48 Å². The summed E-state index contributed by atoms with van der Waals surface area (Å²) in [6, 6.07) is 10.6. The molecule has 0 unspecified atom stereocenters. The van der Waals surface area contributed by atoms with Crippen molar-refractivity contribution in [2.45, 2.75) is 39.7 Å². The molecule has 1 aromatic heterocycles. The van der Waals surface area contributed by atoms with Gasteiger partial charge >= 0.3 is 0 Å². The van der Waals surface area contributed by atoms with Crippen molar-refractivity contribution in [1.82, 2.24) is 14.7 Å². The molecule has 0 aliphatic carbocycles. The summed E-state index contributed by atoms with van der Waals surface area (Å²) in [4.78, 5) is 14.8. The van der Waals surface area contributed by atoms with E-state index in [9.17, 15) is 4.79 Å². The molecule has 0 radical (unpaired) electrons. The van der Waals surface area contributed by atoms with Gasteiger partial charge in [0.1, 0.15) is 5.56 Å². The third-order valence-electron chi connectivity index (χ3n) is 4.83. The van der Waals surface area contributed by atoms with Gasteiger partial charge in [0.25, 0.3) is 5.91 Å². The van der Waals surface area contributed by atoms with E-state index in [2.05, 4.69) is 35.4 Å². The quantitative estimate of drug-likeness (QED) is 0.809. The maximum absolute atomic E-state index is 12.9. The van der Waals surface area contributed by atoms with Crippen LogP contribution in [-0.4, -0.2) is 40.3 Å². The minimum atomic E-state index is 0.0429. The fraction of sp³-hybridized carbons (Fsp3) is 0.500. The highest BCUT2D eigenvalue weighted by atomic mass is 16.5. The predicted molar refractivity (Wildman–Crippen MR) is 97.8 cm³/mol. The lowest BCUT2D eigenvalue weighted by Gasteiger charge is -2.32. The standard InChI is InChI=1S/C20H27N3O2/c1-3-23-15-18(19(21-23)25-4-2)20(24)22-12-10-17(11-13-22)14-16-8-6-5-7-9-16/h5-9,15,17H,3-4,10-14H2,1-2H3. The molecule has 2 aromatic rings. The molecule has 0 atom stereocenters. The highest BCUT2D eigenvalue weighted by Crippen LogP contribution is 2.25. The number of ether oxygens (including phenoxy) is 1. The van der Waals surface area contributed by atoms with Crippen LogP contribution in [0.5, 0.6) is 5.88 Å². The molecule has 1 saturated heterocycles. The molecule has 5 nitrogen and oxygen atoms in total. The zero-order valence-electron chi connectivity index (χ0n) is 15.1. The van der Waals surface area contributed by atoms with Crippen LogP contribution in [0.1, 0.15) is 42.6 Å². The number of hydrogen-bond donors (Lipinski definition) is 0. The number of benzene rings is 1. The van der Waals surface area contributed by atoms with Crippen LogP contribution in [0.15, 0.2) is 36.5 Å². The van der Waals surface area contributed by atoms with Gasteiger partial charge in [-0.25, -0.2) is 0 Å². The van der Waals surface area contributed by atoms with E-state index in [1.165, 1.54) is 5.56 Å². The first-order valence-electron chi connectivity index (χ1n) is 9.24. The second kappa shape index (κ2) is 8.19. The first-order chi connectivity index (χ1) is 12.2. The number of piperidine rings is 1. The normalized spacial score (nSPS) is 15.4. The van der Waals surface area contributed by atoms with Crippen LogP contribution in [0.25, 0.3) is 0 Å². The van der Waals surface area contributed by atoms with Crippen molar-refractivity contribution in [2.24, 2.45) is 5.92 Å². The SMILES string of the molecule is CCOc1nn(CC)cc1C(=O)N1CCC(Cc2ccccc2)CC1. The predicted octanol–water partition coefficient (Wildman–Crippen LogP) is 3.40. The number of aryl methyl sites for hydroxylation is 1. The topological polar surface area (TPSA) is 47.4 Å². The van der Waals surface area contributed by atoms with Gasteiger partial charge in [0.2, 0.25) is 5.88 Å². The molecule has 0 saturated carbocycles. The molecule has 25 heavy (non-hydrogen) atoms. The van der Waals surface area contributed by atoms with Crippen molar-refractivity contribution in [2.75, 3.05) is 19.7 Å². The molecule has 1 aliphatic heterocycles. The fourth-order valence-electron chi connectivity index (χ4n) is 3.41. The Hall–Kier alpha value is -2.30. The van der Waals surface area contributed by atoms with Crippen molar-refractivity contribution in [3.05, 3.63) is 47.7 Å². The van der Waals surface area contributed by atoms with E-state index in [0.717, 1.165) is 38.9 Å². The minimum Gasteiger partial charge on any atom is -0.476 e. The van der Waals surface area contributed by atoms with Gasteiger partial charge < -0.3 is 9.64 Å². The summed E-state index contributed by atoms with van der Waals surface area (Å²) in [7, 11) is 0. The molecule has 0 N–H and O–H groups in total. The maximum atomic E-state index is 12.9. The monoisotopic (exact) mass is 341 g/mol. The van der Waals surface area contributed by atoms with Crippen LogP contribution in [0, 0.1) is 5.92 Å². The Balaban J connectivity index is 1.61. The highest BCUT2D eigenvalue weighted by Gasteiger charge is 2.27. The van der Waals surface area contributed by atoms with Crippen LogP contribution in [-0.2, 0) is 13.0 Å². The average molecular weight is 341 g/mol. The summed E-state index contributed by atoms with van der Waals surface area (Å²) in [6.07, 6.45) is 5.00. The summed E-state index contributed by atoms with van der Waals surface area (Å²) >= 11 is 0. The number of carbonyl (C=O) groups excluding carboxylic acids is 1. The zero-order chi connectivity index (χ0) is 17.6. The van der Waals surface area contributed by atoms with Gasteiger partial charge in [0.15, 0.2) is 0 Å². The second-order valence-electron chi connectivity index (χ2n) is 6.56. The molecule has 1 aliphatic rings. The van der Waals surface area contributed by atoms with Crippen LogP contribution < -0.4 is 4.74 Å². The van der Waals surface area contributed by atoms with Crippen molar-refractivity contribution in [3.63, 3.8) is 0 Å². The number of likely N-dealkylation sites (tertiary alicyclic amines) is 1. The van der Waals surface area contributed by atoms with E-state index in [0.29, 0.717) is 24.0 Å². The van der Waals surface area contributed by atoms with E-state index in [1.54, 1.807) is 4.68 Å². The smallest absolute Gasteiger partial charge is 0.260 e. The van der Waals surface area contributed by atoms with Gasteiger partial charge in [0.05, 0.1) is 6.61 Å². The van der Waals surface area contributed by atoms with Gasteiger partial charge in [-0.15, -0.1) is 5.10 Å². The molecule has 1 amide bonds. The van der Waals surface area contributed by atoms with Crippen LogP contribution in [0.3, 0.4) is 0 Å². The third-order valence-corrected chi connectivity index (χ3v) is 4.83. The summed E-state index contributed by atoms with van der Waals surface area (Å²) in [5.74, 6) is 1.15. The Morgan fingerprint density at radius 2 is 1.92 bits per heavy atom. The van der Waals surface area contributed by atoms with Crippen molar-refractivity contribution < 1.29 is 9.53 Å². The largest absolute Gasteiger partial charge is 0.476 e. The molecule has 0 spiro atoms. The maximum Gasteiger partial charge on any atom is 0.260 e. The first-order valence-corrected chi connectivity index (χ1v) is 9.24. The van der Waals surface area contributed by atoms with Crippen LogP contribution in [0.2, 0.25) is 0 Å². The Labute approximate surface area is 149 Å². The Bertz CT molecular complexity index is 688. The van der Waals surface area contributed by atoms with E-state index in [-0.39, 0.29) is 5.91 Å². The minimum absolute atomic E-state index is 0.0429. The molecule has 3 rings (SSSR count). The summed E-state index contributed by atoms with van der Waals surface area (Å²) in [5, 5.41) is 4.35. The van der Waals surface area contributed by atoms with Gasteiger partial charge in [-0.05, 0) is 44.6 Å². The Kier molecular flexibility index (Phi) is 5.74. The van der Waals surface area contributed by atoms with Crippen molar-refractivity contribution in [1.29, 1.82) is 0 Å². The van der Waals surface area contributed by atoms with E-state index < -0.39 is 0 Å². The van der Waals surface area contributed by atoms with Crippen molar-refractivity contribution in [3.8, 4) is 5.88 Å². The molecular weight excluding hydrogens is 314 g/mol. The Morgan fingerprint density at radius 1 is 1.20 bits per heavy atom. The lowest BCUT2D eigenvalue weighted by Crippen LogP contribution is -2.39. The molecule has 5 heteroatoms. The van der Waals surface area contributed by atoms with Crippen LogP contribution in [0.4, 0.5) is 0 Å². The van der Waals surface area contributed by atoms with E-state index in [4.69, 9.17) is 4.74 Å².